The molecule has 48 heavy (non-hydrogen) atoms. The summed E-state index contributed by atoms with van der Waals surface area (Å²) >= 11 is 0. The molecule has 0 radical (unpaired) electrons. The van der Waals surface area contributed by atoms with Crippen LogP contribution in [0.2, 0.25) is 0 Å². The molecule has 0 aromatic rings. The molecule has 1 atom stereocenters. The van der Waals surface area contributed by atoms with Crippen molar-refractivity contribution in [3.05, 3.63) is 0 Å². The first kappa shape index (κ1) is 45.3. The van der Waals surface area contributed by atoms with Crippen LogP contribution in [0.5, 0.6) is 0 Å². The lowest BCUT2D eigenvalue weighted by atomic mass is 10.0. The Labute approximate surface area is 286 Å². The maximum absolute atomic E-state index is 12.2. The Balaban J connectivity index is 3.57. The van der Waals surface area contributed by atoms with Gasteiger partial charge in [-0.15, -0.1) is 0 Å². The molecule has 0 aromatic carbocycles. The summed E-state index contributed by atoms with van der Waals surface area (Å²) in [6.45, 7) is 3.58. The molecule has 0 saturated carbocycles. The van der Waals surface area contributed by atoms with Gasteiger partial charge in [0.15, 0.2) is 5.78 Å². The van der Waals surface area contributed by atoms with Crippen LogP contribution in [0.15, 0.2) is 0 Å². The van der Waals surface area contributed by atoms with E-state index < -0.39 is 12.0 Å². The fraction of sp³-hybridized carbons (Fsp3) is 0.853. The number of amides is 3. The number of aliphatic hydroxyl groups excluding tert-OH is 1. The van der Waals surface area contributed by atoms with Crippen molar-refractivity contribution in [1.29, 1.82) is 0 Å². The second-order valence-corrected chi connectivity index (χ2v) is 11.9. The number of ketones is 1. The Bertz CT molecular complexity index is 845. The lowest BCUT2D eigenvalue weighted by Gasteiger charge is -2.16. The molecule has 14 heteroatoms. The van der Waals surface area contributed by atoms with Crippen LogP contribution in [0.3, 0.4) is 0 Å². The average Bonchev–Trinajstić information content (AvgIpc) is 3.05. The number of ether oxygens (including phenoxy) is 4. The first-order chi connectivity index (χ1) is 23.2. The summed E-state index contributed by atoms with van der Waals surface area (Å²) in [6, 6.07) is -0.461. The zero-order chi connectivity index (χ0) is 35.5. The van der Waals surface area contributed by atoms with Gasteiger partial charge in [0.2, 0.25) is 17.7 Å². The van der Waals surface area contributed by atoms with Crippen LogP contribution in [-0.4, -0.2) is 118 Å². The van der Waals surface area contributed by atoms with Crippen LogP contribution in [0.25, 0.3) is 0 Å². The largest absolute Gasteiger partial charge is 0.481 e. The third kappa shape index (κ3) is 34.7. The van der Waals surface area contributed by atoms with Crippen molar-refractivity contribution in [2.75, 3.05) is 72.6 Å². The van der Waals surface area contributed by atoms with Crippen molar-refractivity contribution >= 4 is 29.5 Å². The number of carbonyl (C=O) groups is 5. The first-order valence-electron chi connectivity index (χ1n) is 17.7. The number of carboxylic acid groups (broad SMARTS) is 1. The van der Waals surface area contributed by atoms with E-state index in [1.165, 1.54) is 39.0 Å². The second-order valence-electron chi connectivity index (χ2n) is 11.9. The van der Waals surface area contributed by atoms with Gasteiger partial charge in [-0.25, -0.2) is 0 Å². The van der Waals surface area contributed by atoms with Gasteiger partial charge in [-0.1, -0.05) is 64.2 Å². The van der Waals surface area contributed by atoms with Crippen molar-refractivity contribution in [2.24, 2.45) is 0 Å². The molecule has 5 N–H and O–H groups in total. The molecule has 0 spiro atoms. The number of carbonyl (C=O) groups excluding carboxylic acids is 4. The highest BCUT2D eigenvalue weighted by Gasteiger charge is 2.13. The lowest BCUT2D eigenvalue weighted by molar-refractivity contribution is -0.137. The molecular weight excluding hydrogens is 626 g/mol. The predicted molar refractivity (Wildman–Crippen MR) is 181 cm³/mol. The summed E-state index contributed by atoms with van der Waals surface area (Å²) in [4.78, 5) is 57.3. The summed E-state index contributed by atoms with van der Waals surface area (Å²) in [5.74, 6) is -1.33. The zero-order valence-corrected chi connectivity index (χ0v) is 29.2. The molecule has 0 aliphatic carbocycles. The molecule has 0 aliphatic rings. The van der Waals surface area contributed by atoms with E-state index in [0.29, 0.717) is 45.8 Å². The minimum atomic E-state index is -0.712. The number of nitrogens with one attached hydrogen (secondary N) is 3. The van der Waals surface area contributed by atoms with E-state index in [1.807, 2.05) is 0 Å². The van der Waals surface area contributed by atoms with E-state index in [-0.39, 0.29) is 76.0 Å². The summed E-state index contributed by atoms with van der Waals surface area (Å²) in [7, 11) is 0. The van der Waals surface area contributed by atoms with Gasteiger partial charge in [0.25, 0.3) is 0 Å². The highest BCUT2D eigenvalue weighted by molar-refractivity contribution is 5.78. The molecule has 0 bridgehead atoms. The van der Waals surface area contributed by atoms with E-state index in [2.05, 4.69) is 16.0 Å². The average molecular weight is 690 g/mol. The van der Waals surface area contributed by atoms with E-state index in [4.69, 9.17) is 24.1 Å². The van der Waals surface area contributed by atoms with Crippen molar-refractivity contribution < 1.29 is 53.1 Å². The molecule has 0 fully saturated rings. The molecule has 0 rings (SSSR count). The van der Waals surface area contributed by atoms with Crippen molar-refractivity contribution in [3.8, 4) is 0 Å². The quantitative estimate of drug-likeness (QED) is 0.0606. The van der Waals surface area contributed by atoms with E-state index in [0.717, 1.165) is 44.9 Å². The van der Waals surface area contributed by atoms with Crippen LogP contribution in [0.4, 0.5) is 0 Å². The topological polar surface area (TPSA) is 199 Å². The van der Waals surface area contributed by atoms with Crippen molar-refractivity contribution in [3.63, 3.8) is 0 Å². The Kier molecular flexibility index (Phi) is 32.3. The van der Waals surface area contributed by atoms with Crippen LogP contribution >= 0.6 is 0 Å². The van der Waals surface area contributed by atoms with Gasteiger partial charge in [-0.05, 0) is 26.2 Å². The number of unbranched alkanes of at least 4 members (excludes halogenated alkanes) is 11. The summed E-state index contributed by atoms with van der Waals surface area (Å²) in [5.41, 5.74) is 0. The van der Waals surface area contributed by atoms with Gasteiger partial charge >= 0.3 is 5.97 Å². The molecule has 0 aromatic heterocycles. The minimum absolute atomic E-state index is 0.0460. The summed E-state index contributed by atoms with van der Waals surface area (Å²) in [5, 5.41) is 26.5. The molecule has 0 saturated heterocycles. The van der Waals surface area contributed by atoms with Gasteiger partial charge < -0.3 is 45.1 Å². The van der Waals surface area contributed by atoms with Crippen LogP contribution in [0, 0.1) is 0 Å². The zero-order valence-electron chi connectivity index (χ0n) is 29.2. The number of hydrogen-bond acceptors (Lipinski definition) is 10. The van der Waals surface area contributed by atoms with Crippen molar-refractivity contribution in [1.82, 2.24) is 16.0 Å². The molecule has 0 heterocycles. The Morgan fingerprint density at radius 1 is 0.542 bits per heavy atom. The van der Waals surface area contributed by atoms with Gasteiger partial charge in [0, 0.05) is 32.4 Å². The van der Waals surface area contributed by atoms with E-state index in [1.54, 1.807) is 0 Å². The maximum Gasteiger partial charge on any atom is 0.303 e. The maximum atomic E-state index is 12.2. The number of aliphatic hydroxyl groups is 1. The lowest BCUT2D eigenvalue weighted by Crippen LogP contribution is -2.38. The highest BCUT2D eigenvalue weighted by atomic mass is 16.5. The first-order valence-corrected chi connectivity index (χ1v) is 17.7. The summed E-state index contributed by atoms with van der Waals surface area (Å²) in [6.07, 6.45) is 14.1. The molecule has 14 nitrogen and oxygen atoms in total. The number of Topliss-reactive ketones (excluding diaryl/α,β-unsaturated/α-hetero) is 1. The van der Waals surface area contributed by atoms with Crippen LogP contribution in [0.1, 0.15) is 110 Å². The van der Waals surface area contributed by atoms with Gasteiger partial charge in [0.05, 0.1) is 52.3 Å². The fourth-order valence-corrected chi connectivity index (χ4v) is 4.63. The molecule has 0 aliphatic heterocycles. The highest BCUT2D eigenvalue weighted by Crippen LogP contribution is 2.13. The smallest absolute Gasteiger partial charge is 0.303 e. The number of aliphatic carboxylic acids is 1. The standard InChI is InChI=1S/C34H63N3O11/c1-29(39)27-47-24-22-46-21-19-36-33(42)28-48-25-23-45-20-18-35-31(40)17-16-30(26-38)37-32(41)14-12-10-8-6-4-2-3-5-7-9-11-13-15-34(43)44/h30,38H,2-28H2,1H3,(H,35,40)(H,36,42)(H,37,41)(H,43,44). The molecule has 280 valence electrons. The normalized spacial score (nSPS) is 11.6. The minimum Gasteiger partial charge on any atom is -0.481 e. The monoisotopic (exact) mass is 689 g/mol. The summed E-state index contributed by atoms with van der Waals surface area (Å²) < 4.78 is 21.0. The molecular formula is C34H63N3O11. The third-order valence-electron chi connectivity index (χ3n) is 7.27. The Morgan fingerprint density at radius 2 is 1.00 bits per heavy atom. The Morgan fingerprint density at radius 3 is 1.50 bits per heavy atom. The van der Waals surface area contributed by atoms with E-state index in [9.17, 15) is 29.1 Å². The SMILES string of the molecule is CC(=O)COCCOCCNC(=O)COCCOCCNC(=O)CCC(CO)NC(=O)CCCCCCCCCCCCCCC(=O)O. The number of hydrogen-bond donors (Lipinski definition) is 5. The van der Waals surface area contributed by atoms with E-state index >= 15 is 0 Å². The predicted octanol–water partition coefficient (Wildman–Crippen LogP) is 2.68. The number of rotatable bonds is 36. The van der Waals surface area contributed by atoms with Crippen molar-refractivity contribution in [2.45, 2.75) is 116 Å². The van der Waals surface area contributed by atoms with Gasteiger partial charge in [-0.3, -0.25) is 24.0 Å². The third-order valence-corrected chi connectivity index (χ3v) is 7.27. The molecule has 3 amide bonds. The van der Waals surface area contributed by atoms with Gasteiger partial charge in [-0.2, -0.15) is 0 Å². The van der Waals surface area contributed by atoms with Crippen LogP contribution < -0.4 is 16.0 Å². The van der Waals surface area contributed by atoms with Crippen LogP contribution in [-0.2, 0) is 42.9 Å². The number of carboxylic acids is 1. The second kappa shape index (κ2) is 34.2. The molecule has 1 unspecified atom stereocenters. The Hall–Kier alpha value is -2.65. The van der Waals surface area contributed by atoms with Gasteiger partial charge in [0.1, 0.15) is 13.2 Å². The fourth-order valence-electron chi connectivity index (χ4n) is 4.63.